The van der Waals surface area contributed by atoms with Gasteiger partial charge in [-0.1, -0.05) is 49.1 Å². The molecule has 0 amide bonds. The molecule has 2 aliphatic heterocycles. The van der Waals surface area contributed by atoms with Gasteiger partial charge in [0.15, 0.2) is 0 Å². The number of ether oxygens (including phenoxy) is 1. The number of rotatable bonds is 8. The van der Waals surface area contributed by atoms with E-state index in [1.165, 1.54) is 4.31 Å². The van der Waals surface area contributed by atoms with E-state index in [1.807, 2.05) is 49.5 Å². The van der Waals surface area contributed by atoms with Gasteiger partial charge in [0, 0.05) is 25.2 Å². The van der Waals surface area contributed by atoms with Crippen molar-refractivity contribution in [1.82, 2.24) is 9.62 Å². The monoisotopic (exact) mass is 538 g/mol. The summed E-state index contributed by atoms with van der Waals surface area (Å²) in [6, 6.07) is 6.91. The number of likely N-dealkylation sites (N-methyl/N-ethyl adjacent to an activating group) is 1. The highest BCUT2D eigenvalue weighted by Crippen LogP contribution is 2.38. The molecule has 1 N–H and O–H groups in total. The number of methoxy groups -OCH3 is 1. The number of allylic oxidation sites excluding steroid dienone is 6. The first-order valence-corrected chi connectivity index (χ1v) is 14.7. The highest BCUT2D eigenvalue weighted by molar-refractivity contribution is 8.44. The number of hydrogen-bond acceptors (Lipinski definition) is 4. The standard InChI is InChI=1S/C25H28Cl2N2O3S2/c1-4-22(23(28-2)8-7-15-26)20-14-16-29(34(30,31)25-9-5-6-17-33(25)27)24(18-20)19-10-12-21(32-3)13-11-19/h4-13,17-18,24,28H,1,14-16H2,2-3H3/b8-7-,23-22-. The summed E-state index contributed by atoms with van der Waals surface area (Å²) >= 11 is 5.84. The fourth-order valence-corrected chi connectivity index (χ4v) is 8.11. The van der Waals surface area contributed by atoms with Gasteiger partial charge < -0.3 is 10.1 Å². The average molecular weight is 540 g/mol. The molecule has 0 aliphatic carbocycles. The van der Waals surface area contributed by atoms with E-state index in [1.54, 1.807) is 36.8 Å². The molecule has 9 heteroatoms. The van der Waals surface area contributed by atoms with Crippen LogP contribution in [-0.2, 0) is 10.0 Å². The maximum Gasteiger partial charge on any atom is 0.250 e. The molecule has 2 heterocycles. The third-order valence-electron chi connectivity index (χ3n) is 5.51. The van der Waals surface area contributed by atoms with Crippen LogP contribution in [0.15, 0.2) is 95.6 Å². The van der Waals surface area contributed by atoms with Crippen molar-refractivity contribution in [2.45, 2.75) is 12.5 Å². The van der Waals surface area contributed by atoms with E-state index in [2.05, 4.69) is 11.9 Å². The van der Waals surface area contributed by atoms with Crippen LogP contribution in [0.1, 0.15) is 18.0 Å². The Bertz CT molecular complexity index is 1210. The lowest BCUT2D eigenvalue weighted by Gasteiger charge is -2.35. The molecule has 2 atom stereocenters. The van der Waals surface area contributed by atoms with Gasteiger partial charge in [-0.3, -0.25) is 0 Å². The molecule has 0 aromatic heterocycles. The summed E-state index contributed by atoms with van der Waals surface area (Å²) in [5.74, 6) is 1.08. The molecule has 0 bridgehead atoms. The van der Waals surface area contributed by atoms with Gasteiger partial charge in [0.2, 0.25) is 0 Å². The molecule has 2 unspecified atom stereocenters. The Hall–Kier alpha value is -2.03. The second-order valence-electron chi connectivity index (χ2n) is 7.40. The van der Waals surface area contributed by atoms with Gasteiger partial charge >= 0.3 is 0 Å². The fourth-order valence-electron chi connectivity index (χ4n) is 3.85. The van der Waals surface area contributed by atoms with Crippen molar-refractivity contribution < 1.29 is 13.2 Å². The summed E-state index contributed by atoms with van der Waals surface area (Å²) in [5.41, 5.74) is 3.60. The van der Waals surface area contributed by atoms with Crippen LogP contribution >= 0.6 is 32.0 Å². The second kappa shape index (κ2) is 12.1. The minimum absolute atomic E-state index is 0.201. The summed E-state index contributed by atoms with van der Waals surface area (Å²) in [5, 5.41) is 4.89. The first-order chi connectivity index (χ1) is 16.4. The van der Waals surface area contributed by atoms with E-state index in [4.69, 9.17) is 27.0 Å². The lowest BCUT2D eigenvalue weighted by Crippen LogP contribution is -2.41. The summed E-state index contributed by atoms with van der Waals surface area (Å²) in [7, 11) is 5.00. The van der Waals surface area contributed by atoms with Gasteiger partial charge in [0.1, 0.15) is 9.95 Å². The lowest BCUT2D eigenvalue weighted by molar-refractivity contribution is 0.361. The van der Waals surface area contributed by atoms with Crippen molar-refractivity contribution in [3.63, 3.8) is 0 Å². The van der Waals surface area contributed by atoms with Crippen LogP contribution in [0, 0.1) is 0 Å². The number of halogens is 2. The second-order valence-corrected chi connectivity index (χ2v) is 12.1. The molecular formula is C25H28Cl2N2O3S2. The number of nitrogens with zero attached hydrogens (tertiary/aromatic N) is 1. The van der Waals surface area contributed by atoms with Crippen LogP contribution in [0.25, 0.3) is 0 Å². The number of alkyl halides is 1. The minimum Gasteiger partial charge on any atom is -0.497 e. The van der Waals surface area contributed by atoms with Gasteiger partial charge in [-0.05, 0) is 73.2 Å². The van der Waals surface area contributed by atoms with Crippen LogP contribution in [0.4, 0.5) is 0 Å². The molecule has 3 rings (SSSR count). The number of sulfonamides is 1. The van der Waals surface area contributed by atoms with E-state index in [0.717, 1.165) is 22.4 Å². The Morgan fingerprint density at radius 1 is 1.32 bits per heavy atom. The van der Waals surface area contributed by atoms with Crippen molar-refractivity contribution in [1.29, 1.82) is 0 Å². The van der Waals surface area contributed by atoms with Crippen LogP contribution in [0.2, 0.25) is 0 Å². The van der Waals surface area contributed by atoms with E-state index in [0.29, 0.717) is 24.6 Å². The minimum atomic E-state index is -3.82. The van der Waals surface area contributed by atoms with E-state index >= 15 is 0 Å². The quantitative estimate of drug-likeness (QED) is 0.258. The van der Waals surface area contributed by atoms with Gasteiger partial charge in [-0.15, -0.1) is 11.6 Å². The third-order valence-corrected chi connectivity index (χ3v) is 10.5. The molecule has 0 saturated carbocycles. The van der Waals surface area contributed by atoms with Crippen molar-refractivity contribution >= 4 is 46.2 Å². The predicted molar refractivity (Wildman–Crippen MR) is 147 cm³/mol. The predicted octanol–water partition coefficient (Wildman–Crippen LogP) is 5.79. The highest BCUT2D eigenvalue weighted by atomic mass is 35.7. The molecule has 1 aromatic rings. The van der Waals surface area contributed by atoms with Crippen molar-refractivity contribution in [3.8, 4) is 5.75 Å². The maximum absolute atomic E-state index is 13.7. The Labute approximate surface area is 214 Å². The largest absolute Gasteiger partial charge is 0.497 e. The van der Waals surface area contributed by atoms with Gasteiger partial charge in [-0.25, -0.2) is 8.42 Å². The van der Waals surface area contributed by atoms with Crippen LogP contribution in [0.5, 0.6) is 5.75 Å². The van der Waals surface area contributed by atoms with Crippen molar-refractivity contribution in [2.24, 2.45) is 0 Å². The van der Waals surface area contributed by atoms with Crippen LogP contribution in [-0.4, -0.2) is 43.5 Å². The molecule has 0 spiro atoms. The van der Waals surface area contributed by atoms with Crippen LogP contribution in [0.3, 0.4) is 0 Å². The topological polar surface area (TPSA) is 58.6 Å². The lowest BCUT2D eigenvalue weighted by atomic mass is 9.92. The Morgan fingerprint density at radius 3 is 2.65 bits per heavy atom. The number of benzene rings is 1. The zero-order valence-electron chi connectivity index (χ0n) is 19.1. The Kier molecular flexibility index (Phi) is 9.45. The Morgan fingerprint density at radius 2 is 2.06 bits per heavy atom. The zero-order chi connectivity index (χ0) is 24.7. The zero-order valence-corrected chi connectivity index (χ0v) is 22.2. The van der Waals surface area contributed by atoms with Gasteiger partial charge in [-0.2, -0.15) is 4.31 Å². The molecule has 2 aliphatic rings. The van der Waals surface area contributed by atoms with Gasteiger partial charge in [0.25, 0.3) is 10.0 Å². The molecule has 0 radical (unpaired) electrons. The molecule has 0 saturated heterocycles. The summed E-state index contributed by atoms with van der Waals surface area (Å²) < 4.78 is 34.5. The summed E-state index contributed by atoms with van der Waals surface area (Å²) in [4.78, 5) is 0. The fraction of sp³-hybridized carbons (Fsp3) is 0.240. The average Bonchev–Trinajstić information content (AvgIpc) is 2.86. The third kappa shape index (κ3) is 5.78. The van der Waals surface area contributed by atoms with Gasteiger partial charge in [0.05, 0.1) is 13.2 Å². The van der Waals surface area contributed by atoms with E-state index in [-0.39, 0.29) is 4.20 Å². The molecule has 182 valence electrons. The normalized spacial score (nSPS) is 21.9. The molecule has 34 heavy (non-hydrogen) atoms. The molecule has 5 nitrogen and oxygen atoms in total. The molecule has 1 aromatic carbocycles. The van der Waals surface area contributed by atoms with Crippen molar-refractivity contribution in [2.75, 3.05) is 26.6 Å². The number of nitrogens with one attached hydrogen (secondary N) is 1. The van der Waals surface area contributed by atoms with Crippen LogP contribution < -0.4 is 10.1 Å². The van der Waals surface area contributed by atoms with Crippen molar-refractivity contribution in [3.05, 3.63) is 101 Å². The first kappa shape index (κ1) is 26.6. The molecule has 0 fully saturated rings. The highest BCUT2D eigenvalue weighted by Gasteiger charge is 2.36. The van der Waals surface area contributed by atoms with E-state index < -0.39 is 25.8 Å². The smallest absolute Gasteiger partial charge is 0.250 e. The maximum atomic E-state index is 13.7. The Balaban J connectivity index is 2.16. The summed E-state index contributed by atoms with van der Waals surface area (Å²) in [6.07, 6.45) is 13.1. The SMILES string of the molecule is C=C/C(C1=CC(c2ccc(OC)cc2)N(S(=O)(=O)C2=S(Cl)C=CC=C2)CC1)=C(\C=C/CCl)NC. The molecular weight excluding hydrogens is 511 g/mol. The summed E-state index contributed by atoms with van der Waals surface area (Å²) in [6.45, 7) is 4.29. The number of hydrogen-bond donors (Lipinski definition) is 1. The first-order valence-electron chi connectivity index (χ1n) is 10.6. The van der Waals surface area contributed by atoms with E-state index in [9.17, 15) is 8.42 Å².